The Labute approximate surface area is 161 Å². The summed E-state index contributed by atoms with van der Waals surface area (Å²) >= 11 is 1.67. The molecule has 3 aromatic rings. The Morgan fingerprint density at radius 3 is 2.74 bits per heavy atom. The third-order valence-electron chi connectivity index (χ3n) is 4.45. The third-order valence-corrected chi connectivity index (χ3v) is 5.49. The molecule has 0 aliphatic heterocycles. The molecule has 142 valence electrons. The van der Waals surface area contributed by atoms with Gasteiger partial charge in [0, 0.05) is 30.6 Å². The predicted molar refractivity (Wildman–Crippen MR) is 104 cm³/mol. The van der Waals surface area contributed by atoms with Crippen LogP contribution in [0.2, 0.25) is 0 Å². The average molecular weight is 387 g/mol. The van der Waals surface area contributed by atoms with E-state index in [1.54, 1.807) is 36.6 Å². The predicted octanol–water partition coefficient (Wildman–Crippen LogP) is 3.57. The van der Waals surface area contributed by atoms with Gasteiger partial charge in [0.25, 0.3) is 5.91 Å². The van der Waals surface area contributed by atoms with Crippen molar-refractivity contribution >= 4 is 17.2 Å². The van der Waals surface area contributed by atoms with Crippen molar-refractivity contribution < 1.29 is 14.3 Å². The number of hydrogen-bond donors (Lipinski definition) is 2. The molecule has 0 aliphatic rings. The zero-order valence-electron chi connectivity index (χ0n) is 15.1. The second-order valence-corrected chi connectivity index (χ2v) is 7.29. The van der Waals surface area contributed by atoms with E-state index in [4.69, 9.17) is 0 Å². The standard InChI is InChI=1S/C20H22FN3O2S/c1-24-18(13-17(23-24)14-4-6-16(21)7-5-14)20(26)22-10-8-15(9-11-25)19-3-2-12-27-19/h2-7,12-13,15,25H,8-11H2,1H3,(H,22,26). The molecule has 0 fully saturated rings. The highest BCUT2D eigenvalue weighted by molar-refractivity contribution is 7.10. The van der Waals surface area contributed by atoms with Gasteiger partial charge < -0.3 is 10.4 Å². The quantitative estimate of drug-likeness (QED) is 0.621. The maximum Gasteiger partial charge on any atom is 0.269 e. The first-order chi connectivity index (χ1) is 13.1. The van der Waals surface area contributed by atoms with E-state index in [9.17, 15) is 14.3 Å². The average Bonchev–Trinajstić information content (AvgIpc) is 3.31. The molecule has 0 bridgehead atoms. The molecule has 0 aliphatic carbocycles. The van der Waals surface area contributed by atoms with Crippen LogP contribution in [0.3, 0.4) is 0 Å². The van der Waals surface area contributed by atoms with Crippen molar-refractivity contribution in [3.8, 4) is 11.3 Å². The van der Waals surface area contributed by atoms with Gasteiger partial charge in [0.1, 0.15) is 11.5 Å². The van der Waals surface area contributed by atoms with Crippen LogP contribution in [0.15, 0.2) is 47.8 Å². The molecule has 0 saturated carbocycles. The molecule has 1 amide bonds. The van der Waals surface area contributed by atoms with Gasteiger partial charge in [-0.25, -0.2) is 4.39 Å². The Bertz CT molecular complexity index is 875. The van der Waals surface area contributed by atoms with E-state index < -0.39 is 0 Å². The molecule has 1 aromatic carbocycles. The zero-order chi connectivity index (χ0) is 19.2. The Morgan fingerprint density at radius 1 is 1.30 bits per heavy atom. The van der Waals surface area contributed by atoms with Crippen LogP contribution in [0, 0.1) is 5.82 Å². The molecule has 27 heavy (non-hydrogen) atoms. The summed E-state index contributed by atoms with van der Waals surface area (Å²) in [6.07, 6.45) is 1.44. The fourth-order valence-corrected chi connectivity index (χ4v) is 3.90. The van der Waals surface area contributed by atoms with Crippen molar-refractivity contribution in [1.82, 2.24) is 15.1 Å². The van der Waals surface area contributed by atoms with Crippen molar-refractivity contribution in [2.75, 3.05) is 13.2 Å². The smallest absolute Gasteiger partial charge is 0.269 e. The number of carbonyl (C=O) groups is 1. The number of aryl methyl sites for hydroxylation is 1. The molecule has 3 rings (SSSR count). The fraction of sp³-hybridized carbons (Fsp3) is 0.300. The van der Waals surface area contributed by atoms with E-state index in [0.717, 1.165) is 12.0 Å². The Kier molecular flexibility index (Phi) is 6.36. The number of carbonyl (C=O) groups excluding carboxylic acids is 1. The van der Waals surface area contributed by atoms with Crippen molar-refractivity contribution in [1.29, 1.82) is 0 Å². The summed E-state index contributed by atoms with van der Waals surface area (Å²) in [4.78, 5) is 13.7. The number of thiophene rings is 1. The highest BCUT2D eigenvalue weighted by atomic mass is 32.1. The molecule has 0 spiro atoms. The van der Waals surface area contributed by atoms with Crippen molar-refractivity contribution in [2.24, 2.45) is 7.05 Å². The summed E-state index contributed by atoms with van der Waals surface area (Å²) in [5.41, 5.74) is 1.83. The Hall–Kier alpha value is -2.51. The van der Waals surface area contributed by atoms with E-state index in [2.05, 4.69) is 16.5 Å². The number of benzene rings is 1. The summed E-state index contributed by atoms with van der Waals surface area (Å²) in [7, 11) is 1.71. The van der Waals surface area contributed by atoms with Crippen LogP contribution in [0.25, 0.3) is 11.3 Å². The molecular formula is C20H22FN3O2S. The van der Waals surface area contributed by atoms with Crippen molar-refractivity contribution in [3.63, 3.8) is 0 Å². The topological polar surface area (TPSA) is 67.2 Å². The van der Waals surface area contributed by atoms with Crippen LogP contribution < -0.4 is 5.32 Å². The minimum Gasteiger partial charge on any atom is -0.396 e. The summed E-state index contributed by atoms with van der Waals surface area (Å²) in [6, 6.07) is 11.8. The molecule has 2 heterocycles. The van der Waals surface area contributed by atoms with E-state index in [1.807, 2.05) is 11.4 Å². The van der Waals surface area contributed by atoms with Gasteiger partial charge in [-0.3, -0.25) is 9.48 Å². The first-order valence-corrected chi connectivity index (χ1v) is 9.69. The van der Waals surface area contributed by atoms with Crippen LogP contribution in [0.1, 0.15) is 34.1 Å². The molecule has 2 aromatic heterocycles. The van der Waals surface area contributed by atoms with Crippen molar-refractivity contribution in [2.45, 2.75) is 18.8 Å². The molecule has 1 unspecified atom stereocenters. The number of nitrogens with zero attached hydrogens (tertiary/aromatic N) is 2. The second-order valence-electron chi connectivity index (χ2n) is 6.31. The van der Waals surface area contributed by atoms with E-state index in [1.165, 1.54) is 21.7 Å². The number of aromatic nitrogens is 2. The zero-order valence-corrected chi connectivity index (χ0v) is 15.9. The highest BCUT2D eigenvalue weighted by Crippen LogP contribution is 2.27. The van der Waals surface area contributed by atoms with Crippen LogP contribution >= 0.6 is 11.3 Å². The van der Waals surface area contributed by atoms with Crippen LogP contribution in [-0.2, 0) is 7.05 Å². The molecule has 0 radical (unpaired) electrons. The lowest BCUT2D eigenvalue weighted by Crippen LogP contribution is -2.27. The van der Waals surface area contributed by atoms with Crippen LogP contribution in [0.5, 0.6) is 0 Å². The molecule has 5 nitrogen and oxygen atoms in total. The number of halogens is 1. The van der Waals surface area contributed by atoms with Gasteiger partial charge in [0.05, 0.1) is 5.69 Å². The number of hydrogen-bond acceptors (Lipinski definition) is 4. The summed E-state index contributed by atoms with van der Waals surface area (Å²) < 4.78 is 14.6. The van der Waals surface area contributed by atoms with Crippen LogP contribution in [0.4, 0.5) is 4.39 Å². The minimum absolute atomic E-state index is 0.124. The van der Waals surface area contributed by atoms with E-state index in [0.29, 0.717) is 24.4 Å². The van der Waals surface area contributed by atoms with Gasteiger partial charge in [-0.1, -0.05) is 6.07 Å². The van der Waals surface area contributed by atoms with E-state index >= 15 is 0 Å². The summed E-state index contributed by atoms with van der Waals surface area (Å²) in [6.45, 7) is 0.637. The molecular weight excluding hydrogens is 365 g/mol. The monoisotopic (exact) mass is 387 g/mol. The number of rotatable bonds is 8. The number of amides is 1. The van der Waals surface area contributed by atoms with Gasteiger partial charge >= 0.3 is 0 Å². The fourth-order valence-electron chi connectivity index (χ4n) is 3.00. The maximum absolute atomic E-state index is 13.1. The number of aliphatic hydroxyl groups is 1. The number of aliphatic hydroxyl groups excluding tert-OH is 1. The first kappa shape index (κ1) is 19.3. The molecule has 7 heteroatoms. The Morgan fingerprint density at radius 2 is 2.07 bits per heavy atom. The normalized spacial score (nSPS) is 12.1. The lowest BCUT2D eigenvalue weighted by molar-refractivity contribution is 0.0943. The molecule has 1 atom stereocenters. The third kappa shape index (κ3) is 4.81. The summed E-state index contributed by atoms with van der Waals surface area (Å²) in [5, 5.41) is 18.6. The Balaban J connectivity index is 1.62. The SMILES string of the molecule is Cn1nc(-c2ccc(F)cc2)cc1C(=O)NCCC(CCO)c1cccs1. The van der Waals surface area contributed by atoms with Crippen molar-refractivity contribution in [3.05, 3.63) is 64.2 Å². The number of nitrogens with one attached hydrogen (secondary N) is 1. The minimum atomic E-state index is -0.309. The summed E-state index contributed by atoms with van der Waals surface area (Å²) in [5.74, 6) is -0.278. The lowest BCUT2D eigenvalue weighted by Gasteiger charge is -2.14. The lowest BCUT2D eigenvalue weighted by atomic mass is 10.00. The van der Waals surface area contributed by atoms with Gasteiger partial charge in [0.15, 0.2) is 0 Å². The second kappa shape index (κ2) is 8.92. The molecule has 0 saturated heterocycles. The van der Waals surface area contributed by atoms with Gasteiger partial charge in [0.2, 0.25) is 0 Å². The maximum atomic E-state index is 13.1. The van der Waals surface area contributed by atoms with Gasteiger partial charge in [-0.2, -0.15) is 5.10 Å². The van der Waals surface area contributed by atoms with Gasteiger partial charge in [-0.15, -0.1) is 11.3 Å². The molecule has 2 N–H and O–H groups in total. The first-order valence-electron chi connectivity index (χ1n) is 8.81. The highest BCUT2D eigenvalue weighted by Gasteiger charge is 2.16. The van der Waals surface area contributed by atoms with Crippen LogP contribution in [-0.4, -0.2) is 33.9 Å². The van der Waals surface area contributed by atoms with E-state index in [-0.39, 0.29) is 24.2 Å². The largest absolute Gasteiger partial charge is 0.396 e. The van der Waals surface area contributed by atoms with Gasteiger partial charge in [-0.05, 0) is 60.5 Å².